The number of pyridine rings is 1. The van der Waals surface area contributed by atoms with Crippen molar-refractivity contribution in [3.8, 4) is 0 Å². The summed E-state index contributed by atoms with van der Waals surface area (Å²) in [5.74, 6) is -1.40. The summed E-state index contributed by atoms with van der Waals surface area (Å²) in [6.07, 6.45) is 1.07. The topological polar surface area (TPSA) is 65.5 Å². The van der Waals surface area contributed by atoms with Gasteiger partial charge in [0.05, 0.1) is 18.8 Å². The van der Waals surface area contributed by atoms with Gasteiger partial charge >= 0.3 is 5.97 Å². The third kappa shape index (κ3) is 4.44. The van der Waals surface area contributed by atoms with Crippen LogP contribution in [0, 0.1) is 6.92 Å². The molecule has 1 heterocycles. The molecule has 0 N–H and O–H groups in total. The smallest absolute Gasteiger partial charge is 0.345 e. The highest BCUT2D eigenvalue weighted by atomic mass is 35.5. The molecule has 7 heteroatoms. The van der Waals surface area contributed by atoms with Crippen molar-refractivity contribution >= 4 is 35.0 Å². The average molecular weight is 332 g/mol. The van der Waals surface area contributed by atoms with Gasteiger partial charge in [-0.1, -0.05) is 23.2 Å². The Labute approximate surface area is 132 Å². The number of aryl methyl sites for hydroxylation is 1. The molecule has 0 amide bonds. The Morgan fingerprint density at radius 1 is 1.24 bits per heavy atom. The summed E-state index contributed by atoms with van der Waals surface area (Å²) in [5.41, 5.74) is 0.394. The molecule has 0 unspecified atom stereocenters. The fraction of sp³-hybridized carbons (Fsp3) is 0.357. The van der Waals surface area contributed by atoms with Gasteiger partial charge in [-0.2, -0.15) is 0 Å². The van der Waals surface area contributed by atoms with E-state index in [0.717, 1.165) is 6.26 Å². The lowest BCUT2D eigenvalue weighted by Crippen LogP contribution is -2.17. The van der Waals surface area contributed by atoms with Crippen molar-refractivity contribution in [3.63, 3.8) is 0 Å². The second kappa shape index (κ2) is 8.00. The van der Waals surface area contributed by atoms with Crippen molar-refractivity contribution in [1.29, 1.82) is 0 Å². The first-order valence-corrected chi connectivity index (χ1v) is 7.04. The Bertz CT molecular complexity index is 585. The van der Waals surface area contributed by atoms with Gasteiger partial charge in [-0.15, -0.1) is 0 Å². The Hall–Kier alpha value is -1.59. The molecule has 5 nitrogen and oxygen atoms in total. The van der Waals surface area contributed by atoms with Crippen molar-refractivity contribution in [2.24, 2.45) is 0 Å². The molecule has 0 atom stereocenters. The van der Waals surface area contributed by atoms with Crippen LogP contribution in [-0.4, -0.2) is 30.0 Å². The molecule has 0 aliphatic rings. The number of carbonyl (C=O) groups is 2. The Balaban J connectivity index is 3.23. The van der Waals surface area contributed by atoms with Crippen LogP contribution >= 0.6 is 23.2 Å². The molecular weight excluding hydrogens is 317 g/mol. The van der Waals surface area contributed by atoms with E-state index < -0.39 is 11.8 Å². The molecule has 0 aliphatic carbocycles. The second-order valence-corrected chi connectivity index (χ2v) is 4.69. The number of hydrogen-bond acceptors (Lipinski definition) is 5. The van der Waals surface area contributed by atoms with E-state index in [1.165, 1.54) is 6.07 Å². The average Bonchev–Trinajstić information content (AvgIpc) is 2.43. The van der Waals surface area contributed by atoms with E-state index in [-0.39, 0.29) is 28.0 Å². The zero-order valence-corrected chi connectivity index (χ0v) is 13.4. The van der Waals surface area contributed by atoms with E-state index in [1.807, 2.05) is 0 Å². The third-order valence-corrected chi connectivity index (χ3v) is 3.13. The summed E-state index contributed by atoms with van der Waals surface area (Å²) in [4.78, 5) is 28.1. The maximum absolute atomic E-state index is 12.4. The van der Waals surface area contributed by atoms with Gasteiger partial charge in [-0.25, -0.2) is 9.78 Å². The van der Waals surface area contributed by atoms with Crippen LogP contribution in [-0.2, 0) is 14.3 Å². The van der Waals surface area contributed by atoms with Gasteiger partial charge in [-0.3, -0.25) is 4.79 Å². The van der Waals surface area contributed by atoms with E-state index in [1.54, 1.807) is 20.8 Å². The number of aromatic nitrogens is 1. The largest absolute Gasteiger partial charge is 0.500 e. The van der Waals surface area contributed by atoms with Crippen LogP contribution in [0.4, 0.5) is 0 Å². The van der Waals surface area contributed by atoms with Gasteiger partial charge in [0.25, 0.3) is 0 Å². The molecule has 0 fully saturated rings. The zero-order chi connectivity index (χ0) is 16.0. The van der Waals surface area contributed by atoms with Crippen LogP contribution in [0.5, 0.6) is 0 Å². The summed E-state index contributed by atoms with van der Waals surface area (Å²) < 4.78 is 9.87. The van der Waals surface area contributed by atoms with Crippen LogP contribution in [0.15, 0.2) is 17.9 Å². The number of Topliss-reactive ketones (excluding diaryl/α,β-unsaturated/α-hetero) is 1. The normalized spacial score (nSPS) is 11.2. The molecule has 0 radical (unpaired) electrons. The standard InChI is InChI=1S/C14H15Cl2NO4/c1-4-20-7-10(14(19)21-5-2)11(18)9-6-8(3)12(15)17-13(9)16/h6-7H,4-5H2,1-3H3/b10-7-. The maximum atomic E-state index is 12.4. The molecule has 1 rings (SSSR count). The van der Waals surface area contributed by atoms with E-state index in [4.69, 9.17) is 32.7 Å². The quantitative estimate of drug-likeness (QED) is 0.152. The van der Waals surface area contributed by atoms with Gasteiger partial charge in [0, 0.05) is 0 Å². The van der Waals surface area contributed by atoms with Crippen molar-refractivity contribution in [2.45, 2.75) is 20.8 Å². The zero-order valence-electron chi connectivity index (χ0n) is 11.9. The SMILES string of the molecule is CCO/C=C(\C(=O)OCC)C(=O)c1cc(C)c(Cl)nc1Cl. The van der Waals surface area contributed by atoms with E-state index >= 15 is 0 Å². The summed E-state index contributed by atoms with van der Waals surface area (Å²) in [6, 6.07) is 1.47. The lowest BCUT2D eigenvalue weighted by molar-refractivity contribution is -0.138. The lowest BCUT2D eigenvalue weighted by Gasteiger charge is -2.09. The molecule has 21 heavy (non-hydrogen) atoms. The van der Waals surface area contributed by atoms with Gasteiger partial charge in [0.15, 0.2) is 0 Å². The number of nitrogens with zero attached hydrogens (tertiary/aromatic N) is 1. The molecule has 0 aromatic carbocycles. The fourth-order valence-corrected chi connectivity index (χ4v) is 1.85. The molecule has 0 saturated heterocycles. The van der Waals surface area contributed by atoms with Crippen molar-refractivity contribution in [3.05, 3.63) is 39.3 Å². The highest BCUT2D eigenvalue weighted by Gasteiger charge is 2.25. The first-order chi connectivity index (χ1) is 9.92. The van der Waals surface area contributed by atoms with E-state index in [0.29, 0.717) is 12.2 Å². The van der Waals surface area contributed by atoms with Gasteiger partial charge in [0.1, 0.15) is 22.1 Å². The number of esters is 1. The van der Waals surface area contributed by atoms with Crippen LogP contribution in [0.3, 0.4) is 0 Å². The summed E-state index contributed by atoms with van der Waals surface area (Å²) in [5, 5.41) is 0.116. The van der Waals surface area contributed by atoms with Gasteiger partial charge in [0.2, 0.25) is 5.78 Å². The molecule has 0 bridgehead atoms. The van der Waals surface area contributed by atoms with Gasteiger partial charge in [-0.05, 0) is 32.4 Å². The molecule has 1 aromatic rings. The van der Waals surface area contributed by atoms with Crippen molar-refractivity contribution < 1.29 is 19.1 Å². The first kappa shape index (κ1) is 17.5. The number of ketones is 1. The predicted molar refractivity (Wildman–Crippen MR) is 79.7 cm³/mol. The number of rotatable bonds is 6. The van der Waals surface area contributed by atoms with Gasteiger partial charge < -0.3 is 9.47 Å². The number of hydrogen-bond donors (Lipinski definition) is 0. The van der Waals surface area contributed by atoms with Crippen LogP contribution in [0.2, 0.25) is 10.3 Å². The van der Waals surface area contributed by atoms with Crippen LogP contribution < -0.4 is 0 Å². The summed E-state index contributed by atoms with van der Waals surface area (Å²) in [7, 11) is 0. The minimum atomic E-state index is -0.778. The monoisotopic (exact) mass is 331 g/mol. The Morgan fingerprint density at radius 3 is 2.48 bits per heavy atom. The van der Waals surface area contributed by atoms with Crippen LogP contribution in [0.1, 0.15) is 29.8 Å². The minimum Gasteiger partial charge on any atom is -0.500 e. The molecular formula is C14H15Cl2NO4. The molecule has 0 saturated carbocycles. The molecule has 1 aromatic heterocycles. The highest BCUT2D eigenvalue weighted by molar-refractivity contribution is 6.37. The van der Waals surface area contributed by atoms with Crippen LogP contribution in [0.25, 0.3) is 0 Å². The minimum absolute atomic E-state index is 0.0672. The molecule has 0 aliphatic heterocycles. The summed E-state index contributed by atoms with van der Waals surface area (Å²) >= 11 is 11.7. The molecule has 0 spiro atoms. The number of carbonyl (C=O) groups excluding carboxylic acids is 2. The number of halogens is 2. The predicted octanol–water partition coefficient (Wildman–Crippen LogP) is 3.36. The lowest BCUT2D eigenvalue weighted by atomic mass is 10.1. The van der Waals surface area contributed by atoms with E-state index in [2.05, 4.69) is 4.98 Å². The van der Waals surface area contributed by atoms with Crippen molar-refractivity contribution in [2.75, 3.05) is 13.2 Å². The number of ether oxygens (including phenoxy) is 2. The maximum Gasteiger partial charge on any atom is 0.345 e. The second-order valence-electron chi connectivity index (χ2n) is 3.97. The Kier molecular flexibility index (Phi) is 6.65. The molecule has 114 valence electrons. The van der Waals surface area contributed by atoms with E-state index in [9.17, 15) is 9.59 Å². The first-order valence-electron chi connectivity index (χ1n) is 6.28. The van der Waals surface area contributed by atoms with Crippen molar-refractivity contribution in [1.82, 2.24) is 4.98 Å². The summed E-state index contributed by atoms with van der Waals surface area (Å²) in [6.45, 7) is 5.49. The Morgan fingerprint density at radius 2 is 1.90 bits per heavy atom. The third-order valence-electron chi connectivity index (χ3n) is 2.46. The highest BCUT2D eigenvalue weighted by Crippen LogP contribution is 2.23. The fourth-order valence-electron chi connectivity index (χ4n) is 1.44.